The lowest BCUT2D eigenvalue weighted by molar-refractivity contribution is 0.0950. The summed E-state index contributed by atoms with van der Waals surface area (Å²) in [4.78, 5) is 25.1. The van der Waals surface area contributed by atoms with Crippen LogP contribution < -0.4 is 10.2 Å². The van der Waals surface area contributed by atoms with Crippen LogP contribution in [0.2, 0.25) is 0 Å². The maximum Gasteiger partial charge on any atom is 0.304 e. The molecule has 1 amide bonds. The van der Waals surface area contributed by atoms with Gasteiger partial charge in [0, 0.05) is 16.6 Å². The van der Waals surface area contributed by atoms with Gasteiger partial charge in [0.15, 0.2) is 0 Å². The number of aryl methyl sites for hydroxylation is 1. The summed E-state index contributed by atoms with van der Waals surface area (Å²) in [5.74, 6) is -0.640. The van der Waals surface area contributed by atoms with Crippen LogP contribution >= 0.6 is 11.3 Å². The average molecular weight is 266 g/mol. The second-order valence-electron chi connectivity index (χ2n) is 3.82. The summed E-state index contributed by atoms with van der Waals surface area (Å²) in [6.07, 6.45) is 0. The van der Waals surface area contributed by atoms with E-state index in [2.05, 4.69) is 10.3 Å². The molecule has 0 saturated heterocycles. The van der Waals surface area contributed by atoms with Gasteiger partial charge in [-0.25, -0.2) is 4.39 Å². The number of aromatic amines is 1. The van der Waals surface area contributed by atoms with Crippen LogP contribution in [-0.2, 0) is 6.54 Å². The highest BCUT2D eigenvalue weighted by atomic mass is 32.1. The number of H-pyrrole nitrogens is 1. The Morgan fingerprint density at radius 2 is 2.28 bits per heavy atom. The first-order valence-electron chi connectivity index (χ1n) is 5.27. The number of amides is 1. The van der Waals surface area contributed by atoms with Gasteiger partial charge in [0.05, 0.1) is 6.54 Å². The Morgan fingerprint density at radius 3 is 2.89 bits per heavy atom. The summed E-state index contributed by atoms with van der Waals surface area (Å²) < 4.78 is 13.0. The van der Waals surface area contributed by atoms with E-state index in [0.29, 0.717) is 16.8 Å². The van der Waals surface area contributed by atoms with E-state index in [9.17, 15) is 14.0 Å². The van der Waals surface area contributed by atoms with E-state index in [1.165, 1.54) is 18.2 Å². The number of carbonyl (C=O) groups excluding carboxylic acids is 1. The van der Waals surface area contributed by atoms with Gasteiger partial charge in [-0.3, -0.25) is 9.59 Å². The molecule has 0 spiro atoms. The van der Waals surface area contributed by atoms with Gasteiger partial charge in [0.25, 0.3) is 5.91 Å². The zero-order chi connectivity index (χ0) is 13.1. The highest BCUT2D eigenvalue weighted by Gasteiger charge is 2.07. The fourth-order valence-electron chi connectivity index (χ4n) is 1.46. The molecular formula is C12H11FN2O2S. The van der Waals surface area contributed by atoms with Crippen LogP contribution in [-0.4, -0.2) is 10.9 Å². The lowest BCUT2D eigenvalue weighted by Gasteiger charge is -2.05. The minimum absolute atomic E-state index is 0.156. The lowest BCUT2D eigenvalue weighted by atomic mass is 10.1. The molecule has 0 atom stereocenters. The monoisotopic (exact) mass is 266 g/mol. The number of nitrogens with one attached hydrogen (secondary N) is 2. The zero-order valence-corrected chi connectivity index (χ0v) is 10.4. The molecule has 0 bridgehead atoms. The highest BCUT2D eigenvalue weighted by Crippen LogP contribution is 2.09. The molecule has 1 aromatic carbocycles. The molecule has 0 radical (unpaired) electrons. The van der Waals surface area contributed by atoms with Crippen molar-refractivity contribution in [3.05, 3.63) is 55.9 Å². The van der Waals surface area contributed by atoms with Gasteiger partial charge in [0.1, 0.15) is 5.82 Å². The lowest BCUT2D eigenvalue weighted by Crippen LogP contribution is -2.23. The standard InChI is InChI=1S/C12H11FN2O2S/c1-7-4-8(2-3-10(7)13)11(16)14-5-9-6-18-12(17)15-9/h2-4,6H,5H2,1H3,(H,14,16)(H,15,17). The predicted molar refractivity (Wildman–Crippen MR) is 67.2 cm³/mol. The maximum absolute atomic E-state index is 13.0. The maximum atomic E-state index is 13.0. The molecular weight excluding hydrogens is 255 g/mol. The number of thiazole rings is 1. The molecule has 0 fully saturated rings. The highest BCUT2D eigenvalue weighted by molar-refractivity contribution is 7.07. The second-order valence-corrected chi connectivity index (χ2v) is 4.66. The number of aromatic nitrogens is 1. The molecule has 0 aliphatic heterocycles. The molecule has 2 rings (SSSR count). The van der Waals surface area contributed by atoms with Crippen LogP contribution in [0.1, 0.15) is 21.6 Å². The summed E-state index contributed by atoms with van der Waals surface area (Å²) in [7, 11) is 0. The van der Waals surface area contributed by atoms with Gasteiger partial charge >= 0.3 is 4.87 Å². The Balaban J connectivity index is 2.03. The number of halogens is 1. The van der Waals surface area contributed by atoms with Gasteiger partial charge in [0.2, 0.25) is 0 Å². The molecule has 6 heteroatoms. The first-order valence-corrected chi connectivity index (χ1v) is 6.15. The van der Waals surface area contributed by atoms with Crippen LogP contribution in [0, 0.1) is 12.7 Å². The minimum Gasteiger partial charge on any atom is -0.346 e. The fraction of sp³-hybridized carbons (Fsp3) is 0.167. The Labute approximate surface area is 106 Å². The smallest absolute Gasteiger partial charge is 0.304 e. The summed E-state index contributed by atoms with van der Waals surface area (Å²) in [6.45, 7) is 1.84. The van der Waals surface area contributed by atoms with Crippen molar-refractivity contribution in [2.75, 3.05) is 0 Å². The van der Waals surface area contributed by atoms with Crippen molar-refractivity contribution in [3.8, 4) is 0 Å². The number of rotatable bonds is 3. The zero-order valence-electron chi connectivity index (χ0n) is 9.62. The van der Waals surface area contributed by atoms with Gasteiger partial charge in [-0.05, 0) is 30.7 Å². The molecule has 0 unspecified atom stereocenters. The van der Waals surface area contributed by atoms with E-state index in [4.69, 9.17) is 0 Å². The van der Waals surface area contributed by atoms with Crippen molar-refractivity contribution in [2.45, 2.75) is 13.5 Å². The topological polar surface area (TPSA) is 62.0 Å². The Kier molecular flexibility index (Phi) is 3.57. The van der Waals surface area contributed by atoms with Crippen molar-refractivity contribution in [2.24, 2.45) is 0 Å². The van der Waals surface area contributed by atoms with Crippen LogP contribution in [0.4, 0.5) is 4.39 Å². The SMILES string of the molecule is Cc1cc(C(=O)NCc2csc(=O)[nH]2)ccc1F. The van der Waals surface area contributed by atoms with Crippen molar-refractivity contribution >= 4 is 17.2 Å². The Morgan fingerprint density at radius 1 is 1.50 bits per heavy atom. The molecule has 1 aromatic heterocycles. The first kappa shape index (κ1) is 12.5. The van der Waals surface area contributed by atoms with E-state index in [-0.39, 0.29) is 23.1 Å². The van der Waals surface area contributed by atoms with E-state index in [1.807, 2.05) is 0 Å². The third kappa shape index (κ3) is 2.84. The quantitative estimate of drug-likeness (QED) is 0.890. The molecule has 0 aliphatic rings. The Hall–Kier alpha value is -1.95. The van der Waals surface area contributed by atoms with E-state index in [1.54, 1.807) is 12.3 Å². The number of benzene rings is 1. The average Bonchev–Trinajstić information content (AvgIpc) is 2.75. The minimum atomic E-state index is -0.339. The van der Waals surface area contributed by atoms with Gasteiger partial charge in [-0.1, -0.05) is 11.3 Å². The number of carbonyl (C=O) groups is 1. The largest absolute Gasteiger partial charge is 0.346 e. The third-order valence-corrected chi connectivity index (χ3v) is 3.15. The number of hydrogen-bond donors (Lipinski definition) is 2. The third-order valence-electron chi connectivity index (χ3n) is 2.43. The van der Waals surface area contributed by atoms with Crippen molar-refractivity contribution in [1.29, 1.82) is 0 Å². The number of hydrogen-bond acceptors (Lipinski definition) is 3. The molecule has 2 aromatic rings. The first-order chi connectivity index (χ1) is 8.56. The summed E-state index contributed by atoms with van der Waals surface area (Å²) in [5.41, 5.74) is 1.47. The normalized spacial score (nSPS) is 10.3. The van der Waals surface area contributed by atoms with Crippen molar-refractivity contribution < 1.29 is 9.18 Å². The van der Waals surface area contributed by atoms with Crippen molar-refractivity contribution in [1.82, 2.24) is 10.3 Å². The molecule has 1 heterocycles. The van der Waals surface area contributed by atoms with Crippen LogP contribution in [0.5, 0.6) is 0 Å². The molecule has 94 valence electrons. The molecule has 18 heavy (non-hydrogen) atoms. The van der Waals surface area contributed by atoms with Crippen molar-refractivity contribution in [3.63, 3.8) is 0 Å². The summed E-state index contributed by atoms with van der Waals surface area (Å²) in [5, 5.41) is 4.30. The van der Waals surface area contributed by atoms with E-state index >= 15 is 0 Å². The van der Waals surface area contributed by atoms with Gasteiger partial charge < -0.3 is 10.3 Å². The van der Waals surface area contributed by atoms with Gasteiger partial charge in [-0.15, -0.1) is 0 Å². The molecule has 2 N–H and O–H groups in total. The summed E-state index contributed by atoms with van der Waals surface area (Å²) in [6, 6.07) is 4.17. The summed E-state index contributed by atoms with van der Waals surface area (Å²) >= 11 is 1.04. The predicted octanol–water partition coefficient (Wildman–Crippen LogP) is 1.81. The second kappa shape index (κ2) is 5.14. The Bertz CT molecular complexity index is 633. The van der Waals surface area contributed by atoms with Crippen LogP contribution in [0.3, 0.4) is 0 Å². The molecule has 4 nitrogen and oxygen atoms in total. The van der Waals surface area contributed by atoms with E-state index in [0.717, 1.165) is 11.3 Å². The van der Waals surface area contributed by atoms with Crippen LogP contribution in [0.15, 0.2) is 28.4 Å². The molecule has 0 saturated carbocycles. The van der Waals surface area contributed by atoms with Crippen LogP contribution in [0.25, 0.3) is 0 Å². The van der Waals surface area contributed by atoms with Gasteiger partial charge in [-0.2, -0.15) is 0 Å². The van der Waals surface area contributed by atoms with E-state index < -0.39 is 0 Å². The molecule has 0 aliphatic carbocycles. The fourth-order valence-corrected chi connectivity index (χ4v) is 2.05.